The lowest BCUT2D eigenvalue weighted by molar-refractivity contribution is 0.493. The van der Waals surface area contributed by atoms with Crippen molar-refractivity contribution in [2.45, 2.75) is 33.2 Å². The SMILES string of the molecule is CCC(C)C(C)Nc1ccc(N)cn1. The summed E-state index contributed by atoms with van der Waals surface area (Å²) in [6.45, 7) is 6.60. The van der Waals surface area contributed by atoms with Gasteiger partial charge in [0, 0.05) is 6.04 Å². The molecule has 2 atom stereocenters. The normalized spacial score (nSPS) is 14.8. The zero-order chi connectivity index (χ0) is 10.6. The molecule has 0 aliphatic rings. The zero-order valence-electron chi connectivity index (χ0n) is 9.12. The van der Waals surface area contributed by atoms with Gasteiger partial charge in [0.25, 0.3) is 0 Å². The van der Waals surface area contributed by atoms with Crippen LogP contribution >= 0.6 is 0 Å². The topological polar surface area (TPSA) is 50.9 Å². The molecule has 14 heavy (non-hydrogen) atoms. The molecule has 1 aromatic rings. The van der Waals surface area contributed by atoms with Crippen molar-refractivity contribution in [2.24, 2.45) is 5.92 Å². The molecule has 0 aliphatic carbocycles. The van der Waals surface area contributed by atoms with Crippen LogP contribution in [0.15, 0.2) is 18.3 Å². The standard InChI is InChI=1S/C11H19N3/c1-4-8(2)9(3)14-11-6-5-10(12)7-13-11/h5-9H,4,12H2,1-3H3,(H,13,14). The van der Waals surface area contributed by atoms with Gasteiger partial charge in [0.05, 0.1) is 11.9 Å². The third-order valence-electron chi connectivity index (χ3n) is 2.66. The lowest BCUT2D eigenvalue weighted by Gasteiger charge is -2.20. The summed E-state index contributed by atoms with van der Waals surface area (Å²) in [5.74, 6) is 1.54. The van der Waals surface area contributed by atoms with Gasteiger partial charge >= 0.3 is 0 Å². The van der Waals surface area contributed by atoms with Gasteiger partial charge in [0.15, 0.2) is 0 Å². The van der Waals surface area contributed by atoms with Gasteiger partial charge in [0.2, 0.25) is 0 Å². The van der Waals surface area contributed by atoms with Crippen LogP contribution in [0.25, 0.3) is 0 Å². The van der Waals surface area contributed by atoms with E-state index >= 15 is 0 Å². The van der Waals surface area contributed by atoms with E-state index in [9.17, 15) is 0 Å². The fraction of sp³-hybridized carbons (Fsp3) is 0.545. The molecule has 3 nitrogen and oxygen atoms in total. The third kappa shape index (κ3) is 2.91. The number of nitrogens with zero attached hydrogens (tertiary/aromatic N) is 1. The van der Waals surface area contributed by atoms with Crippen molar-refractivity contribution in [3.8, 4) is 0 Å². The van der Waals surface area contributed by atoms with E-state index in [1.165, 1.54) is 6.42 Å². The third-order valence-corrected chi connectivity index (χ3v) is 2.66. The van der Waals surface area contributed by atoms with Crippen LogP contribution in [-0.2, 0) is 0 Å². The second kappa shape index (κ2) is 4.84. The zero-order valence-corrected chi connectivity index (χ0v) is 9.12. The Labute approximate surface area is 85.7 Å². The molecule has 0 fully saturated rings. The van der Waals surface area contributed by atoms with Crippen LogP contribution in [-0.4, -0.2) is 11.0 Å². The van der Waals surface area contributed by atoms with Crippen molar-refractivity contribution in [3.63, 3.8) is 0 Å². The molecule has 0 bridgehead atoms. The maximum atomic E-state index is 5.55. The molecule has 0 spiro atoms. The van der Waals surface area contributed by atoms with Gasteiger partial charge in [0.1, 0.15) is 5.82 Å². The summed E-state index contributed by atoms with van der Waals surface area (Å²) in [7, 11) is 0. The Balaban J connectivity index is 2.56. The van der Waals surface area contributed by atoms with Crippen LogP contribution in [0, 0.1) is 5.92 Å². The van der Waals surface area contributed by atoms with Crippen molar-refractivity contribution >= 4 is 11.5 Å². The van der Waals surface area contributed by atoms with Crippen molar-refractivity contribution in [2.75, 3.05) is 11.1 Å². The molecule has 1 heterocycles. The molecule has 1 aromatic heterocycles. The molecular weight excluding hydrogens is 174 g/mol. The van der Waals surface area contributed by atoms with E-state index in [0.29, 0.717) is 17.6 Å². The predicted molar refractivity (Wildman–Crippen MR) is 61.2 cm³/mol. The van der Waals surface area contributed by atoms with Gasteiger partial charge in [-0.25, -0.2) is 4.98 Å². The van der Waals surface area contributed by atoms with Crippen LogP contribution < -0.4 is 11.1 Å². The van der Waals surface area contributed by atoms with Gasteiger partial charge in [-0.15, -0.1) is 0 Å². The quantitative estimate of drug-likeness (QED) is 0.772. The number of nitrogens with two attached hydrogens (primary N) is 1. The van der Waals surface area contributed by atoms with Crippen molar-refractivity contribution in [1.29, 1.82) is 0 Å². The summed E-state index contributed by atoms with van der Waals surface area (Å²) in [4.78, 5) is 4.20. The first kappa shape index (κ1) is 10.8. The first-order valence-corrected chi connectivity index (χ1v) is 5.11. The molecule has 0 saturated heterocycles. The molecule has 78 valence electrons. The fourth-order valence-corrected chi connectivity index (χ4v) is 1.22. The maximum absolute atomic E-state index is 5.55. The van der Waals surface area contributed by atoms with Crippen molar-refractivity contribution in [3.05, 3.63) is 18.3 Å². The van der Waals surface area contributed by atoms with Crippen LogP contribution in [0.5, 0.6) is 0 Å². The number of aromatic nitrogens is 1. The molecule has 3 heteroatoms. The van der Waals surface area contributed by atoms with Crippen molar-refractivity contribution < 1.29 is 0 Å². The highest BCUT2D eigenvalue weighted by molar-refractivity contribution is 5.44. The Kier molecular flexibility index (Phi) is 3.74. The summed E-state index contributed by atoms with van der Waals surface area (Å²) in [5, 5.41) is 3.35. The highest BCUT2D eigenvalue weighted by Crippen LogP contribution is 2.13. The van der Waals surface area contributed by atoms with Crippen molar-refractivity contribution in [1.82, 2.24) is 4.98 Å². The van der Waals surface area contributed by atoms with Crippen LogP contribution in [0.2, 0.25) is 0 Å². The first-order valence-electron chi connectivity index (χ1n) is 5.11. The minimum atomic E-state index is 0.441. The Bertz CT molecular complexity index is 268. The minimum absolute atomic E-state index is 0.441. The summed E-state index contributed by atoms with van der Waals surface area (Å²) in [6, 6.07) is 4.21. The molecule has 3 N–H and O–H groups in total. The number of pyridine rings is 1. The summed E-state index contributed by atoms with van der Waals surface area (Å²) in [6.07, 6.45) is 2.84. The van der Waals surface area contributed by atoms with Crippen LogP contribution in [0.1, 0.15) is 27.2 Å². The monoisotopic (exact) mass is 193 g/mol. The highest BCUT2D eigenvalue weighted by Gasteiger charge is 2.09. The Morgan fingerprint density at radius 1 is 1.43 bits per heavy atom. The summed E-state index contributed by atoms with van der Waals surface area (Å²) in [5.41, 5.74) is 6.25. The molecule has 0 aliphatic heterocycles. The fourth-order valence-electron chi connectivity index (χ4n) is 1.22. The number of hydrogen-bond donors (Lipinski definition) is 2. The summed E-state index contributed by atoms with van der Waals surface area (Å²) < 4.78 is 0. The number of hydrogen-bond acceptors (Lipinski definition) is 3. The molecule has 0 aromatic carbocycles. The first-order chi connectivity index (χ1) is 6.63. The molecule has 2 unspecified atom stereocenters. The lowest BCUT2D eigenvalue weighted by Crippen LogP contribution is -2.23. The average Bonchev–Trinajstić information content (AvgIpc) is 2.20. The molecule has 0 amide bonds. The van der Waals surface area contributed by atoms with Gasteiger partial charge in [-0.2, -0.15) is 0 Å². The predicted octanol–water partition coefficient (Wildman–Crippen LogP) is 2.51. The molecule has 0 radical (unpaired) electrons. The molecule has 1 rings (SSSR count). The second-order valence-electron chi connectivity index (χ2n) is 3.80. The average molecular weight is 193 g/mol. The van der Waals surface area contributed by atoms with Gasteiger partial charge in [-0.3, -0.25) is 0 Å². The van der Waals surface area contributed by atoms with E-state index in [2.05, 4.69) is 31.1 Å². The van der Waals surface area contributed by atoms with E-state index < -0.39 is 0 Å². The second-order valence-corrected chi connectivity index (χ2v) is 3.80. The maximum Gasteiger partial charge on any atom is 0.126 e. The van der Waals surface area contributed by atoms with E-state index in [0.717, 1.165) is 5.82 Å². The number of anilines is 2. The van der Waals surface area contributed by atoms with Crippen LogP contribution in [0.4, 0.5) is 11.5 Å². The number of rotatable bonds is 4. The van der Waals surface area contributed by atoms with Gasteiger partial charge < -0.3 is 11.1 Å². The lowest BCUT2D eigenvalue weighted by atomic mass is 10.0. The molecule has 0 saturated carbocycles. The van der Waals surface area contributed by atoms with E-state index in [-0.39, 0.29) is 0 Å². The Hall–Kier alpha value is -1.25. The number of nitrogen functional groups attached to an aromatic ring is 1. The highest BCUT2D eigenvalue weighted by atomic mass is 15.0. The molecular formula is C11H19N3. The summed E-state index contributed by atoms with van der Waals surface area (Å²) >= 11 is 0. The largest absolute Gasteiger partial charge is 0.397 e. The van der Waals surface area contributed by atoms with Crippen LogP contribution in [0.3, 0.4) is 0 Å². The Morgan fingerprint density at radius 2 is 2.14 bits per heavy atom. The number of nitrogens with one attached hydrogen (secondary N) is 1. The minimum Gasteiger partial charge on any atom is -0.397 e. The van der Waals surface area contributed by atoms with E-state index in [1.54, 1.807) is 6.20 Å². The Morgan fingerprint density at radius 3 is 2.64 bits per heavy atom. The van der Waals surface area contributed by atoms with Gasteiger partial charge in [-0.1, -0.05) is 20.3 Å². The smallest absolute Gasteiger partial charge is 0.126 e. The van der Waals surface area contributed by atoms with Gasteiger partial charge in [-0.05, 0) is 25.0 Å². The van der Waals surface area contributed by atoms with E-state index in [4.69, 9.17) is 5.73 Å². The van der Waals surface area contributed by atoms with E-state index in [1.807, 2.05) is 12.1 Å².